The molecule has 5 unspecified atom stereocenters. The third-order valence-electron chi connectivity index (χ3n) is 4.80. The molecule has 0 aromatic carbocycles. The van der Waals surface area contributed by atoms with Crippen LogP contribution in [0.3, 0.4) is 0 Å². The number of carboxylic acids is 1. The summed E-state index contributed by atoms with van der Waals surface area (Å²) >= 11 is 0. The van der Waals surface area contributed by atoms with Crippen molar-refractivity contribution < 1.29 is 29.1 Å². The van der Waals surface area contributed by atoms with Gasteiger partial charge in [0.15, 0.2) is 5.96 Å². The van der Waals surface area contributed by atoms with Crippen molar-refractivity contribution in [2.24, 2.45) is 33.8 Å². The minimum absolute atomic E-state index is 0.0473. The average molecular weight is 473 g/mol. The minimum atomic E-state index is -1.57. The fourth-order valence-electron chi connectivity index (χ4n) is 2.69. The van der Waals surface area contributed by atoms with E-state index < -0.39 is 60.2 Å². The molecule has 5 atom stereocenters. The first-order chi connectivity index (χ1) is 15.3. The van der Waals surface area contributed by atoms with E-state index in [1.807, 2.05) is 6.92 Å². The molecule has 0 aromatic heterocycles. The van der Waals surface area contributed by atoms with Gasteiger partial charge in [-0.2, -0.15) is 0 Å². The van der Waals surface area contributed by atoms with Crippen LogP contribution in [-0.4, -0.2) is 71.4 Å². The second-order valence-corrected chi connectivity index (χ2v) is 7.74. The van der Waals surface area contributed by atoms with Crippen molar-refractivity contribution in [3.8, 4) is 0 Å². The third kappa shape index (κ3) is 11.7. The number of hydrogen-bond donors (Lipinski definition) is 8. The van der Waals surface area contributed by atoms with Crippen molar-refractivity contribution in [1.82, 2.24) is 16.0 Å². The number of nitrogens with one attached hydrogen (secondary N) is 3. The van der Waals surface area contributed by atoms with E-state index in [-0.39, 0.29) is 31.3 Å². The minimum Gasteiger partial charge on any atom is -0.480 e. The lowest BCUT2D eigenvalue weighted by atomic mass is 9.97. The first kappa shape index (κ1) is 29.6. The van der Waals surface area contributed by atoms with Crippen LogP contribution in [0.4, 0.5) is 0 Å². The fraction of sp³-hybridized carbons (Fsp3) is 0.684. The second-order valence-electron chi connectivity index (χ2n) is 7.74. The van der Waals surface area contributed by atoms with E-state index in [0.29, 0.717) is 6.42 Å². The molecule has 0 aromatic rings. The van der Waals surface area contributed by atoms with E-state index in [2.05, 4.69) is 20.9 Å². The Labute approximate surface area is 192 Å². The molecule has 33 heavy (non-hydrogen) atoms. The summed E-state index contributed by atoms with van der Waals surface area (Å²) in [6.07, 6.45) is 0.226. The van der Waals surface area contributed by atoms with Gasteiger partial charge in [0.25, 0.3) is 0 Å². The van der Waals surface area contributed by atoms with Gasteiger partial charge in [0, 0.05) is 6.54 Å². The first-order valence-electron chi connectivity index (χ1n) is 10.5. The molecule has 14 nitrogen and oxygen atoms in total. The van der Waals surface area contributed by atoms with Crippen LogP contribution in [0.5, 0.6) is 0 Å². The van der Waals surface area contributed by atoms with Crippen molar-refractivity contribution >= 4 is 35.6 Å². The van der Waals surface area contributed by atoms with Crippen LogP contribution in [-0.2, 0) is 24.0 Å². The number of amides is 4. The van der Waals surface area contributed by atoms with E-state index in [9.17, 15) is 29.1 Å². The summed E-state index contributed by atoms with van der Waals surface area (Å²) in [5, 5.41) is 16.5. The Balaban J connectivity index is 5.62. The molecule has 0 radical (unpaired) electrons. The molecular weight excluding hydrogens is 436 g/mol. The summed E-state index contributed by atoms with van der Waals surface area (Å²) < 4.78 is 0. The molecule has 0 aliphatic rings. The zero-order valence-electron chi connectivity index (χ0n) is 19.2. The van der Waals surface area contributed by atoms with Gasteiger partial charge in [0.2, 0.25) is 23.6 Å². The fourth-order valence-corrected chi connectivity index (χ4v) is 2.69. The zero-order chi connectivity index (χ0) is 25.7. The number of hydrogen-bond acceptors (Lipinski definition) is 7. The Morgan fingerprint density at radius 2 is 1.48 bits per heavy atom. The molecule has 4 amide bonds. The van der Waals surface area contributed by atoms with Gasteiger partial charge >= 0.3 is 5.97 Å². The van der Waals surface area contributed by atoms with Gasteiger partial charge < -0.3 is 44.0 Å². The molecule has 0 aliphatic carbocycles. The SMILES string of the molecule is CCC(C)C(NC(=O)C(C)N)C(=O)NC(CCCN=C(N)N)C(=O)NC(CC(N)=O)C(=O)O. The number of carbonyl (C=O) groups is 5. The number of carbonyl (C=O) groups excluding carboxylic acids is 4. The Hall–Kier alpha value is -3.42. The van der Waals surface area contributed by atoms with E-state index in [1.165, 1.54) is 6.92 Å². The summed E-state index contributed by atoms with van der Waals surface area (Å²) in [4.78, 5) is 64.0. The molecule has 0 rings (SSSR count). The number of aliphatic carboxylic acids is 1. The summed E-state index contributed by atoms with van der Waals surface area (Å²) in [6.45, 7) is 5.18. The van der Waals surface area contributed by atoms with Gasteiger partial charge in [-0.25, -0.2) is 4.79 Å². The van der Waals surface area contributed by atoms with Crippen LogP contribution in [0.25, 0.3) is 0 Å². The summed E-state index contributed by atoms with van der Waals surface area (Å²) in [5.74, 6) is -4.87. The Kier molecular flexibility index (Phi) is 13.1. The number of nitrogens with two attached hydrogens (primary N) is 4. The summed E-state index contributed by atoms with van der Waals surface area (Å²) in [6, 6.07) is -4.61. The predicted molar refractivity (Wildman–Crippen MR) is 120 cm³/mol. The van der Waals surface area contributed by atoms with Crippen molar-refractivity contribution in [3.63, 3.8) is 0 Å². The van der Waals surface area contributed by atoms with Crippen molar-refractivity contribution in [2.45, 2.75) is 70.6 Å². The van der Waals surface area contributed by atoms with Gasteiger partial charge in [0.05, 0.1) is 12.5 Å². The van der Waals surface area contributed by atoms with Gasteiger partial charge in [-0.05, 0) is 25.7 Å². The molecule has 14 heteroatoms. The summed E-state index contributed by atoms with van der Waals surface area (Å²) in [5.41, 5.74) is 21.2. The van der Waals surface area contributed by atoms with Gasteiger partial charge in [0.1, 0.15) is 18.1 Å². The quantitative estimate of drug-likeness (QED) is 0.0678. The lowest BCUT2D eigenvalue weighted by Gasteiger charge is -2.27. The van der Waals surface area contributed by atoms with E-state index in [1.54, 1.807) is 6.92 Å². The molecule has 0 fully saturated rings. The van der Waals surface area contributed by atoms with E-state index in [4.69, 9.17) is 22.9 Å². The molecule has 0 bridgehead atoms. The number of aliphatic imine (C=N–C) groups is 1. The lowest BCUT2D eigenvalue weighted by molar-refractivity contribution is -0.143. The molecule has 0 spiro atoms. The summed E-state index contributed by atoms with van der Waals surface area (Å²) in [7, 11) is 0. The molecular formula is C19H36N8O6. The Morgan fingerprint density at radius 1 is 0.909 bits per heavy atom. The number of rotatable bonds is 15. The zero-order valence-corrected chi connectivity index (χ0v) is 19.2. The molecule has 0 heterocycles. The number of primary amides is 1. The first-order valence-corrected chi connectivity index (χ1v) is 10.5. The maximum absolute atomic E-state index is 13.0. The highest BCUT2D eigenvalue weighted by Crippen LogP contribution is 2.10. The van der Waals surface area contributed by atoms with Gasteiger partial charge in [-0.15, -0.1) is 0 Å². The Bertz CT molecular complexity index is 738. The van der Waals surface area contributed by atoms with Crippen molar-refractivity contribution in [2.75, 3.05) is 6.54 Å². The maximum atomic E-state index is 13.0. The van der Waals surface area contributed by atoms with E-state index in [0.717, 1.165) is 0 Å². The lowest BCUT2D eigenvalue weighted by Crippen LogP contribution is -2.58. The van der Waals surface area contributed by atoms with Gasteiger partial charge in [-0.3, -0.25) is 24.2 Å². The molecule has 0 saturated carbocycles. The third-order valence-corrected chi connectivity index (χ3v) is 4.80. The largest absolute Gasteiger partial charge is 0.480 e. The van der Waals surface area contributed by atoms with Crippen LogP contribution in [0.2, 0.25) is 0 Å². The smallest absolute Gasteiger partial charge is 0.326 e. The van der Waals surface area contributed by atoms with Gasteiger partial charge in [-0.1, -0.05) is 20.3 Å². The number of nitrogens with zero attached hydrogens (tertiary/aromatic N) is 1. The standard InChI is InChI=1S/C19H36N8O6/c1-4-9(2)14(27-15(29)10(3)20)17(31)25-11(6-5-7-24-19(22)23)16(30)26-12(18(32)33)8-13(21)28/h9-12,14H,4-8,20H2,1-3H3,(H2,21,28)(H,25,31)(H,26,30)(H,27,29)(H,32,33)(H4,22,23,24). The highest BCUT2D eigenvalue weighted by atomic mass is 16.4. The second kappa shape index (κ2) is 14.6. The Morgan fingerprint density at radius 3 is 1.94 bits per heavy atom. The topological polar surface area (TPSA) is 258 Å². The molecule has 0 aliphatic heterocycles. The van der Waals surface area contributed by atoms with Crippen LogP contribution < -0.4 is 38.9 Å². The molecule has 188 valence electrons. The van der Waals surface area contributed by atoms with E-state index >= 15 is 0 Å². The van der Waals surface area contributed by atoms with Crippen molar-refractivity contribution in [3.05, 3.63) is 0 Å². The van der Waals surface area contributed by atoms with Crippen LogP contribution >= 0.6 is 0 Å². The number of carboxylic acid groups (broad SMARTS) is 1. The molecule has 0 saturated heterocycles. The highest BCUT2D eigenvalue weighted by Gasteiger charge is 2.32. The monoisotopic (exact) mass is 472 g/mol. The highest BCUT2D eigenvalue weighted by molar-refractivity contribution is 5.94. The average Bonchev–Trinajstić information content (AvgIpc) is 2.71. The van der Waals surface area contributed by atoms with Crippen LogP contribution in [0.15, 0.2) is 4.99 Å². The maximum Gasteiger partial charge on any atom is 0.326 e. The van der Waals surface area contributed by atoms with Crippen molar-refractivity contribution in [1.29, 1.82) is 0 Å². The van der Waals surface area contributed by atoms with Crippen LogP contribution in [0.1, 0.15) is 46.5 Å². The normalized spacial score (nSPS) is 15.2. The molecule has 12 N–H and O–H groups in total. The van der Waals surface area contributed by atoms with Crippen LogP contribution in [0, 0.1) is 5.92 Å². The predicted octanol–water partition coefficient (Wildman–Crippen LogP) is -3.15. The number of guanidine groups is 1.